The van der Waals surface area contributed by atoms with E-state index in [1.165, 1.54) is 0 Å². The Kier molecular flexibility index (Phi) is 5.46. The van der Waals surface area contributed by atoms with E-state index in [9.17, 15) is 13.2 Å². The summed E-state index contributed by atoms with van der Waals surface area (Å²) in [5.41, 5.74) is 2.57. The van der Waals surface area contributed by atoms with E-state index in [4.69, 9.17) is 4.74 Å². The van der Waals surface area contributed by atoms with Gasteiger partial charge in [-0.25, -0.2) is 8.42 Å². The van der Waals surface area contributed by atoms with Gasteiger partial charge in [0.2, 0.25) is 10.0 Å². The maximum absolute atomic E-state index is 12.2. The van der Waals surface area contributed by atoms with Gasteiger partial charge in [0.1, 0.15) is 5.75 Å². The SMILES string of the molecule is COc1ccc(CNC(=O)c2ccc(NS(C)(=O)=O)c(C)c2)cc1. The van der Waals surface area contributed by atoms with Crippen LogP contribution in [0.3, 0.4) is 0 Å². The van der Waals surface area contributed by atoms with Crippen molar-refractivity contribution in [3.63, 3.8) is 0 Å². The molecule has 0 unspecified atom stereocenters. The fraction of sp³-hybridized carbons (Fsp3) is 0.235. The maximum Gasteiger partial charge on any atom is 0.251 e. The van der Waals surface area contributed by atoms with Crippen LogP contribution in [-0.2, 0) is 16.6 Å². The number of anilines is 1. The number of hydrogen-bond donors (Lipinski definition) is 2. The van der Waals surface area contributed by atoms with Gasteiger partial charge < -0.3 is 10.1 Å². The van der Waals surface area contributed by atoms with Gasteiger partial charge in [-0.3, -0.25) is 9.52 Å². The highest BCUT2D eigenvalue weighted by atomic mass is 32.2. The summed E-state index contributed by atoms with van der Waals surface area (Å²) in [7, 11) is -1.75. The monoisotopic (exact) mass is 348 g/mol. The van der Waals surface area contributed by atoms with Crippen LogP contribution in [0.2, 0.25) is 0 Å². The number of ether oxygens (including phenoxy) is 1. The van der Waals surface area contributed by atoms with Crippen molar-refractivity contribution in [2.75, 3.05) is 18.1 Å². The lowest BCUT2D eigenvalue weighted by atomic mass is 10.1. The van der Waals surface area contributed by atoms with E-state index in [0.29, 0.717) is 23.4 Å². The van der Waals surface area contributed by atoms with Crippen LogP contribution >= 0.6 is 0 Å². The van der Waals surface area contributed by atoms with E-state index in [2.05, 4.69) is 10.0 Å². The largest absolute Gasteiger partial charge is 0.497 e. The second-order valence-electron chi connectivity index (χ2n) is 5.43. The van der Waals surface area contributed by atoms with Crippen LogP contribution in [0.1, 0.15) is 21.5 Å². The molecule has 0 heterocycles. The molecule has 0 spiro atoms. The molecule has 6 nitrogen and oxygen atoms in total. The molecule has 0 saturated carbocycles. The molecule has 0 bridgehead atoms. The van der Waals surface area contributed by atoms with Gasteiger partial charge in [0.05, 0.1) is 19.1 Å². The van der Waals surface area contributed by atoms with Crippen molar-refractivity contribution in [2.45, 2.75) is 13.5 Å². The number of carbonyl (C=O) groups is 1. The lowest BCUT2D eigenvalue weighted by molar-refractivity contribution is 0.0951. The molecule has 0 radical (unpaired) electrons. The number of methoxy groups -OCH3 is 1. The highest BCUT2D eigenvalue weighted by Crippen LogP contribution is 2.18. The van der Waals surface area contributed by atoms with Gasteiger partial charge in [-0.15, -0.1) is 0 Å². The summed E-state index contributed by atoms with van der Waals surface area (Å²) in [6.07, 6.45) is 1.09. The van der Waals surface area contributed by atoms with Crippen LogP contribution in [0.25, 0.3) is 0 Å². The molecular weight excluding hydrogens is 328 g/mol. The Balaban J connectivity index is 2.02. The van der Waals surface area contributed by atoms with E-state index >= 15 is 0 Å². The molecule has 0 saturated heterocycles. The van der Waals surface area contributed by atoms with Crippen molar-refractivity contribution >= 4 is 21.6 Å². The first-order valence-corrected chi connectivity index (χ1v) is 9.17. The van der Waals surface area contributed by atoms with Gasteiger partial charge >= 0.3 is 0 Å². The lowest BCUT2D eigenvalue weighted by Gasteiger charge is -2.10. The van der Waals surface area contributed by atoms with Crippen LogP contribution in [0.5, 0.6) is 5.75 Å². The molecule has 0 aliphatic rings. The fourth-order valence-corrected chi connectivity index (χ4v) is 2.78. The molecule has 0 fully saturated rings. The van der Waals surface area contributed by atoms with E-state index in [0.717, 1.165) is 17.6 Å². The smallest absolute Gasteiger partial charge is 0.251 e. The van der Waals surface area contributed by atoms with Gasteiger partial charge in [-0.05, 0) is 48.4 Å². The summed E-state index contributed by atoms with van der Waals surface area (Å²) in [5, 5.41) is 2.83. The van der Waals surface area contributed by atoms with Gasteiger partial charge in [-0.2, -0.15) is 0 Å². The van der Waals surface area contributed by atoms with E-state index in [1.54, 1.807) is 32.2 Å². The second kappa shape index (κ2) is 7.35. The zero-order valence-electron chi connectivity index (χ0n) is 13.8. The van der Waals surface area contributed by atoms with Crippen molar-refractivity contribution in [1.29, 1.82) is 0 Å². The molecule has 0 aliphatic heterocycles. The number of hydrogen-bond acceptors (Lipinski definition) is 4. The van der Waals surface area contributed by atoms with Crippen LogP contribution in [0.15, 0.2) is 42.5 Å². The molecule has 2 aromatic carbocycles. The Labute approximate surface area is 141 Å². The molecule has 1 amide bonds. The standard InChI is InChI=1S/C17H20N2O4S/c1-12-10-14(6-9-16(12)19-24(3,21)22)17(20)18-11-13-4-7-15(23-2)8-5-13/h4-10,19H,11H2,1-3H3,(H,18,20). The minimum absolute atomic E-state index is 0.222. The molecule has 128 valence electrons. The molecule has 24 heavy (non-hydrogen) atoms. The first-order valence-electron chi connectivity index (χ1n) is 7.28. The van der Waals surface area contributed by atoms with Crippen LogP contribution in [0, 0.1) is 6.92 Å². The van der Waals surface area contributed by atoms with Gasteiger partial charge in [0.25, 0.3) is 5.91 Å². The van der Waals surface area contributed by atoms with Gasteiger partial charge in [0, 0.05) is 12.1 Å². The first-order chi connectivity index (χ1) is 11.3. The molecular formula is C17H20N2O4S. The number of nitrogens with one attached hydrogen (secondary N) is 2. The van der Waals surface area contributed by atoms with Gasteiger partial charge in [-0.1, -0.05) is 12.1 Å². The summed E-state index contributed by atoms with van der Waals surface area (Å²) < 4.78 is 30.1. The molecule has 2 aromatic rings. The highest BCUT2D eigenvalue weighted by Gasteiger charge is 2.10. The van der Waals surface area contributed by atoms with Crippen LogP contribution < -0.4 is 14.8 Å². The van der Waals surface area contributed by atoms with E-state index < -0.39 is 10.0 Å². The Morgan fingerprint density at radius 2 is 1.79 bits per heavy atom. The summed E-state index contributed by atoms with van der Waals surface area (Å²) >= 11 is 0. The Hall–Kier alpha value is -2.54. The second-order valence-corrected chi connectivity index (χ2v) is 7.18. The normalized spacial score (nSPS) is 11.0. The van der Waals surface area contributed by atoms with E-state index in [-0.39, 0.29) is 5.91 Å². The molecule has 2 N–H and O–H groups in total. The third-order valence-electron chi connectivity index (χ3n) is 3.40. The van der Waals surface area contributed by atoms with Crippen LogP contribution in [0.4, 0.5) is 5.69 Å². The maximum atomic E-state index is 12.2. The highest BCUT2D eigenvalue weighted by molar-refractivity contribution is 7.92. The van der Waals surface area contributed by atoms with Crippen molar-refractivity contribution in [3.05, 3.63) is 59.2 Å². The molecule has 7 heteroatoms. The number of aryl methyl sites for hydroxylation is 1. The lowest BCUT2D eigenvalue weighted by Crippen LogP contribution is -2.23. The predicted octanol–water partition coefficient (Wildman–Crippen LogP) is 2.31. The predicted molar refractivity (Wildman–Crippen MR) is 93.8 cm³/mol. The van der Waals surface area contributed by atoms with Crippen molar-refractivity contribution in [2.24, 2.45) is 0 Å². The third-order valence-corrected chi connectivity index (χ3v) is 3.99. The molecule has 0 aliphatic carbocycles. The minimum Gasteiger partial charge on any atom is -0.497 e. The summed E-state index contributed by atoms with van der Waals surface area (Å²) in [4.78, 5) is 12.2. The Morgan fingerprint density at radius 3 is 2.33 bits per heavy atom. The third kappa shape index (κ3) is 4.99. The van der Waals surface area contributed by atoms with Gasteiger partial charge in [0.15, 0.2) is 0 Å². The minimum atomic E-state index is -3.35. The molecule has 0 atom stereocenters. The zero-order chi connectivity index (χ0) is 17.7. The quantitative estimate of drug-likeness (QED) is 0.839. The average Bonchev–Trinajstić information content (AvgIpc) is 2.53. The number of rotatable bonds is 6. The van der Waals surface area contributed by atoms with E-state index in [1.807, 2.05) is 24.3 Å². The first kappa shape index (κ1) is 17.8. The fourth-order valence-electron chi connectivity index (χ4n) is 2.15. The van der Waals surface area contributed by atoms with Crippen LogP contribution in [-0.4, -0.2) is 27.7 Å². The van der Waals surface area contributed by atoms with Crippen molar-refractivity contribution in [1.82, 2.24) is 5.32 Å². The average molecular weight is 348 g/mol. The summed E-state index contributed by atoms with van der Waals surface area (Å²) in [5.74, 6) is 0.537. The topological polar surface area (TPSA) is 84.5 Å². The number of carbonyl (C=O) groups excluding carboxylic acids is 1. The molecule has 2 rings (SSSR count). The number of amides is 1. The van der Waals surface area contributed by atoms with Crippen molar-refractivity contribution < 1.29 is 17.9 Å². The Morgan fingerprint density at radius 1 is 1.12 bits per heavy atom. The number of benzene rings is 2. The zero-order valence-corrected chi connectivity index (χ0v) is 14.6. The van der Waals surface area contributed by atoms with Crippen molar-refractivity contribution in [3.8, 4) is 5.75 Å². The number of sulfonamides is 1. The summed E-state index contributed by atoms with van der Waals surface area (Å²) in [6, 6.07) is 12.2. The molecule has 0 aromatic heterocycles. The Bertz CT molecular complexity index is 830. The summed E-state index contributed by atoms with van der Waals surface area (Å²) in [6.45, 7) is 2.14.